The molecule has 0 heterocycles. The monoisotopic (exact) mass is 146 g/mol. The third-order valence-electron chi connectivity index (χ3n) is 0.316. The van der Waals surface area contributed by atoms with Gasteiger partial charge in [0.2, 0.25) is 0 Å². The van der Waals surface area contributed by atoms with Gasteiger partial charge in [-0.2, -0.15) is 0 Å². The fraction of sp³-hybridized carbons (Fsp3) is 1.00. The van der Waals surface area contributed by atoms with E-state index in [2.05, 4.69) is 13.8 Å². The SMILES string of the molecule is C[CH2][Ni][CH2]C.[AlH3]. The molecule has 0 rings (SSSR count). The first-order valence-electron chi connectivity index (χ1n) is 1.86. The van der Waals surface area contributed by atoms with Gasteiger partial charge < -0.3 is 0 Å². The second-order valence-electron chi connectivity index (χ2n) is 0.605. The van der Waals surface area contributed by atoms with Crippen LogP contribution in [0.25, 0.3) is 0 Å². The summed E-state index contributed by atoms with van der Waals surface area (Å²) in [6.45, 7) is 4.37. The van der Waals surface area contributed by atoms with Crippen molar-refractivity contribution in [2.24, 2.45) is 0 Å². The molecule has 0 bridgehead atoms. The minimum Gasteiger partial charge on any atom is 0.187 e. The Morgan fingerprint density at radius 2 is 1.50 bits per heavy atom. The van der Waals surface area contributed by atoms with E-state index in [4.69, 9.17) is 0 Å². The van der Waals surface area contributed by atoms with Crippen LogP contribution >= 0.6 is 0 Å². The fourth-order valence-corrected chi connectivity index (χ4v) is 0.652. The Morgan fingerprint density at radius 1 is 1.17 bits per heavy atom. The summed E-state index contributed by atoms with van der Waals surface area (Å²) in [4.78, 5) is 0. The molecular weight excluding hydrogens is 134 g/mol. The molecule has 0 atom stereocenters. The predicted octanol–water partition coefficient (Wildman–Crippen LogP) is 0.761. The van der Waals surface area contributed by atoms with E-state index in [1.165, 1.54) is 10.8 Å². The maximum absolute atomic E-state index is 2.18. The molecular formula is C4H13AlNi. The van der Waals surface area contributed by atoms with Crippen molar-refractivity contribution in [2.75, 3.05) is 0 Å². The summed E-state index contributed by atoms with van der Waals surface area (Å²) in [6, 6.07) is 0. The Morgan fingerprint density at radius 3 is 1.50 bits per heavy atom. The summed E-state index contributed by atoms with van der Waals surface area (Å²) in [5.74, 6) is 0. The Kier molecular flexibility index (Phi) is 15.8. The van der Waals surface area contributed by atoms with Crippen molar-refractivity contribution in [3.8, 4) is 0 Å². The van der Waals surface area contributed by atoms with Gasteiger partial charge in [-0.05, 0) is 0 Å². The zero-order chi connectivity index (χ0) is 4.12. The van der Waals surface area contributed by atoms with Gasteiger partial charge in [-0.1, -0.05) is 0 Å². The molecule has 0 aliphatic heterocycles. The Labute approximate surface area is 56.6 Å². The van der Waals surface area contributed by atoms with Crippen molar-refractivity contribution in [1.82, 2.24) is 0 Å². The van der Waals surface area contributed by atoms with Crippen LogP contribution in [0.1, 0.15) is 13.8 Å². The average Bonchev–Trinajstić information content (AvgIpc) is 1.41. The molecule has 0 saturated heterocycles. The zero-order valence-electron chi connectivity index (χ0n) is 3.73. The number of hydrogen-bond acceptors (Lipinski definition) is 0. The Bertz CT molecular complexity index is 15.0. The van der Waals surface area contributed by atoms with E-state index in [1.54, 1.807) is 0 Å². The average molecular weight is 147 g/mol. The summed E-state index contributed by atoms with van der Waals surface area (Å²) in [5, 5.41) is 2.56. The van der Waals surface area contributed by atoms with Crippen molar-refractivity contribution in [3.63, 3.8) is 0 Å². The summed E-state index contributed by atoms with van der Waals surface area (Å²) in [6.07, 6.45) is 0. The minimum atomic E-state index is 0. The quantitative estimate of drug-likeness (QED) is 0.505. The molecule has 42 valence electrons. The molecule has 0 aromatic rings. The van der Waals surface area contributed by atoms with Gasteiger partial charge in [-0.3, -0.25) is 0 Å². The van der Waals surface area contributed by atoms with Crippen LogP contribution in [-0.2, 0) is 14.4 Å². The smallest absolute Gasteiger partial charge is 0.187 e. The maximum Gasteiger partial charge on any atom is 0.187 e. The fourth-order valence-electron chi connectivity index (χ4n) is 0.158. The van der Waals surface area contributed by atoms with Gasteiger partial charge in [0.25, 0.3) is 0 Å². The molecule has 0 aromatic carbocycles. The zero-order valence-corrected chi connectivity index (χ0v) is 4.72. The van der Waals surface area contributed by atoms with Gasteiger partial charge in [0.15, 0.2) is 17.4 Å². The molecule has 6 heavy (non-hydrogen) atoms. The van der Waals surface area contributed by atoms with Gasteiger partial charge >= 0.3 is 39.1 Å². The summed E-state index contributed by atoms with van der Waals surface area (Å²) in [5.41, 5.74) is 0. The normalized spacial score (nSPS) is 7.67. The van der Waals surface area contributed by atoms with E-state index in [0.717, 1.165) is 0 Å². The molecule has 0 nitrogen and oxygen atoms in total. The molecule has 0 radical (unpaired) electrons. The van der Waals surface area contributed by atoms with Gasteiger partial charge in [0.05, 0.1) is 0 Å². The largest absolute Gasteiger partial charge is 0.187 e. The van der Waals surface area contributed by atoms with E-state index >= 15 is 0 Å². The summed E-state index contributed by atoms with van der Waals surface area (Å²) < 4.78 is 0. The summed E-state index contributed by atoms with van der Waals surface area (Å²) >= 11 is 1.82. The standard InChI is InChI=1S/2C2H5.Al.Ni.3H/c2*1-2;;;;;/h2*1H2,2H3;;;;;. The van der Waals surface area contributed by atoms with Gasteiger partial charge in [-0.15, -0.1) is 0 Å². The van der Waals surface area contributed by atoms with Crippen LogP contribution in [-0.4, -0.2) is 17.4 Å². The van der Waals surface area contributed by atoms with Gasteiger partial charge in [-0.25, -0.2) is 0 Å². The second kappa shape index (κ2) is 9.39. The predicted molar refractivity (Wildman–Crippen MR) is 30.9 cm³/mol. The van der Waals surface area contributed by atoms with E-state index in [-0.39, 0.29) is 17.4 Å². The number of hydrogen-bond donors (Lipinski definition) is 0. The van der Waals surface area contributed by atoms with Crippen LogP contribution in [0.4, 0.5) is 0 Å². The first-order valence-corrected chi connectivity index (χ1v) is 3.26. The van der Waals surface area contributed by atoms with Crippen molar-refractivity contribution < 1.29 is 14.4 Å². The maximum atomic E-state index is 2.18. The van der Waals surface area contributed by atoms with Crippen molar-refractivity contribution >= 4 is 17.4 Å². The van der Waals surface area contributed by atoms with Crippen LogP contribution in [0.3, 0.4) is 0 Å². The minimum absolute atomic E-state index is 0. The van der Waals surface area contributed by atoms with Crippen molar-refractivity contribution in [3.05, 3.63) is 0 Å². The molecule has 0 saturated carbocycles. The first-order chi connectivity index (χ1) is 2.41. The van der Waals surface area contributed by atoms with Crippen LogP contribution < -0.4 is 0 Å². The van der Waals surface area contributed by atoms with E-state index in [0.29, 0.717) is 0 Å². The van der Waals surface area contributed by atoms with Crippen LogP contribution in [0.5, 0.6) is 0 Å². The molecule has 0 unspecified atom stereocenters. The molecule has 0 aliphatic rings. The molecule has 0 amide bonds. The van der Waals surface area contributed by atoms with E-state index < -0.39 is 0 Å². The molecule has 0 N–H and O–H groups in total. The van der Waals surface area contributed by atoms with Crippen molar-refractivity contribution in [1.29, 1.82) is 0 Å². The van der Waals surface area contributed by atoms with Crippen molar-refractivity contribution in [2.45, 2.75) is 24.6 Å². The Hall–Kier alpha value is 1.03. The first kappa shape index (κ1) is 10.1. The molecule has 2 heteroatoms. The molecule has 0 aliphatic carbocycles. The van der Waals surface area contributed by atoms with Gasteiger partial charge in [0.1, 0.15) is 0 Å². The van der Waals surface area contributed by atoms with E-state index in [9.17, 15) is 0 Å². The van der Waals surface area contributed by atoms with E-state index in [1.807, 2.05) is 14.4 Å². The summed E-state index contributed by atoms with van der Waals surface area (Å²) in [7, 11) is 0. The second-order valence-corrected chi connectivity index (χ2v) is 2.50. The third kappa shape index (κ3) is 8.90. The Balaban J connectivity index is 0. The van der Waals surface area contributed by atoms with Crippen LogP contribution in [0, 0.1) is 0 Å². The van der Waals surface area contributed by atoms with Crippen LogP contribution in [0.15, 0.2) is 0 Å². The van der Waals surface area contributed by atoms with Gasteiger partial charge in [0, 0.05) is 0 Å². The van der Waals surface area contributed by atoms with Crippen LogP contribution in [0.2, 0.25) is 10.8 Å². The number of rotatable bonds is 2. The molecule has 0 fully saturated rings. The topological polar surface area (TPSA) is 0 Å². The molecule has 0 aromatic heterocycles. The molecule has 0 spiro atoms. The third-order valence-corrected chi connectivity index (χ3v) is 1.30.